The van der Waals surface area contributed by atoms with E-state index in [1.807, 2.05) is 36.4 Å². The predicted molar refractivity (Wildman–Crippen MR) is 131 cm³/mol. The topological polar surface area (TPSA) is 64.1 Å². The highest BCUT2D eigenvalue weighted by atomic mass is 127. The quantitative estimate of drug-likeness (QED) is 0.233. The summed E-state index contributed by atoms with van der Waals surface area (Å²) in [6.07, 6.45) is 1.92. The van der Waals surface area contributed by atoms with Crippen molar-refractivity contribution in [2.24, 2.45) is 4.99 Å². The van der Waals surface area contributed by atoms with Gasteiger partial charge in [-0.05, 0) is 36.6 Å². The zero-order chi connectivity index (χ0) is 20.3. The van der Waals surface area contributed by atoms with E-state index < -0.39 is 0 Å². The lowest BCUT2D eigenvalue weighted by Crippen LogP contribution is -2.37. The minimum absolute atomic E-state index is 0. The number of benzene rings is 2. The van der Waals surface area contributed by atoms with Gasteiger partial charge in [-0.15, -0.1) is 24.0 Å². The smallest absolute Gasteiger partial charge is 0.191 e. The number of nitrogens with one attached hydrogen (secondary N) is 2. The molecule has 6 nitrogen and oxygen atoms in total. The fourth-order valence-corrected chi connectivity index (χ4v) is 3.08. The van der Waals surface area contributed by atoms with E-state index in [4.69, 9.17) is 14.2 Å². The van der Waals surface area contributed by atoms with E-state index in [1.165, 1.54) is 5.56 Å². The Morgan fingerprint density at radius 3 is 2.60 bits per heavy atom. The first-order chi connectivity index (χ1) is 14.3. The van der Waals surface area contributed by atoms with Gasteiger partial charge in [0.05, 0.1) is 19.3 Å². The number of ether oxygens (including phenoxy) is 3. The molecular weight excluding hydrogens is 493 g/mol. The van der Waals surface area contributed by atoms with Crippen LogP contribution in [0.5, 0.6) is 11.5 Å². The Balaban J connectivity index is 0.00000320. The van der Waals surface area contributed by atoms with Crippen LogP contribution in [-0.2, 0) is 11.3 Å². The van der Waals surface area contributed by atoms with Crippen molar-refractivity contribution in [2.75, 3.05) is 33.4 Å². The molecule has 1 unspecified atom stereocenters. The largest absolute Gasteiger partial charge is 0.490 e. The lowest BCUT2D eigenvalue weighted by atomic mass is 10.1. The number of hydrogen-bond acceptors (Lipinski definition) is 4. The number of hydrogen-bond donors (Lipinski definition) is 2. The maximum absolute atomic E-state index is 5.91. The van der Waals surface area contributed by atoms with Crippen LogP contribution in [0.15, 0.2) is 53.5 Å². The summed E-state index contributed by atoms with van der Waals surface area (Å²) in [5.74, 6) is 2.40. The monoisotopic (exact) mass is 525 g/mol. The molecule has 1 atom stereocenters. The van der Waals surface area contributed by atoms with Crippen LogP contribution in [0.25, 0.3) is 0 Å². The first-order valence-corrected chi connectivity index (χ1v) is 10.3. The second-order valence-electron chi connectivity index (χ2n) is 6.96. The Hall–Kier alpha value is -2.00. The first-order valence-electron chi connectivity index (χ1n) is 10.3. The van der Waals surface area contributed by atoms with Gasteiger partial charge in [0.2, 0.25) is 0 Å². The van der Waals surface area contributed by atoms with Crippen LogP contribution < -0.4 is 20.1 Å². The van der Waals surface area contributed by atoms with Crippen molar-refractivity contribution in [3.05, 3.63) is 59.7 Å². The van der Waals surface area contributed by atoms with Crippen LogP contribution in [0, 0.1) is 0 Å². The molecule has 0 aromatic heterocycles. The Morgan fingerprint density at radius 1 is 1.07 bits per heavy atom. The number of aliphatic imine (C=N–C) groups is 1. The van der Waals surface area contributed by atoms with Crippen LogP contribution in [0.3, 0.4) is 0 Å². The molecule has 1 heterocycles. The van der Waals surface area contributed by atoms with Gasteiger partial charge in [0.1, 0.15) is 0 Å². The van der Waals surface area contributed by atoms with Crippen molar-refractivity contribution >= 4 is 29.9 Å². The van der Waals surface area contributed by atoms with E-state index in [0.29, 0.717) is 26.4 Å². The lowest BCUT2D eigenvalue weighted by molar-refractivity contribution is 0.0646. The van der Waals surface area contributed by atoms with Gasteiger partial charge >= 0.3 is 0 Å². The van der Waals surface area contributed by atoms with E-state index in [0.717, 1.165) is 42.4 Å². The molecule has 0 radical (unpaired) electrons. The number of guanidine groups is 1. The maximum atomic E-state index is 5.91. The van der Waals surface area contributed by atoms with Crippen LogP contribution in [0.4, 0.5) is 0 Å². The molecule has 2 N–H and O–H groups in total. The molecule has 1 aliphatic heterocycles. The van der Waals surface area contributed by atoms with E-state index >= 15 is 0 Å². The molecule has 7 heteroatoms. The summed E-state index contributed by atoms with van der Waals surface area (Å²) in [5, 5.41) is 6.66. The molecule has 30 heavy (non-hydrogen) atoms. The lowest BCUT2D eigenvalue weighted by Gasteiger charge is -2.15. The molecule has 0 saturated carbocycles. The summed E-state index contributed by atoms with van der Waals surface area (Å²) >= 11 is 0. The summed E-state index contributed by atoms with van der Waals surface area (Å²) in [6.45, 7) is 5.63. The van der Waals surface area contributed by atoms with Crippen molar-refractivity contribution in [1.82, 2.24) is 10.6 Å². The third kappa shape index (κ3) is 7.68. The molecule has 0 aliphatic carbocycles. The molecule has 164 valence electrons. The van der Waals surface area contributed by atoms with Gasteiger partial charge in [-0.25, -0.2) is 0 Å². The molecule has 0 amide bonds. The summed E-state index contributed by atoms with van der Waals surface area (Å²) in [4.78, 5) is 4.28. The van der Waals surface area contributed by atoms with Crippen molar-refractivity contribution < 1.29 is 14.2 Å². The van der Waals surface area contributed by atoms with Crippen LogP contribution in [0.2, 0.25) is 0 Å². The van der Waals surface area contributed by atoms with Gasteiger partial charge in [-0.3, -0.25) is 4.99 Å². The molecule has 0 bridgehead atoms. The van der Waals surface area contributed by atoms with Crippen molar-refractivity contribution in [3.8, 4) is 11.5 Å². The van der Waals surface area contributed by atoms with Crippen molar-refractivity contribution in [3.63, 3.8) is 0 Å². The van der Waals surface area contributed by atoms with Crippen molar-refractivity contribution in [1.29, 1.82) is 0 Å². The van der Waals surface area contributed by atoms with E-state index in [9.17, 15) is 0 Å². The predicted octanol–water partition coefficient (Wildman–Crippen LogP) is 4.30. The molecule has 3 rings (SSSR count). The normalized spacial score (nSPS) is 14.3. The molecular formula is C23H32IN3O3. The molecule has 0 saturated heterocycles. The second kappa shape index (κ2) is 13.3. The fourth-order valence-electron chi connectivity index (χ4n) is 3.08. The number of halogens is 1. The van der Waals surface area contributed by atoms with Crippen LogP contribution in [0.1, 0.15) is 37.0 Å². The highest BCUT2D eigenvalue weighted by Gasteiger charge is 2.11. The van der Waals surface area contributed by atoms with E-state index in [2.05, 4.69) is 34.7 Å². The summed E-state index contributed by atoms with van der Waals surface area (Å²) in [5.41, 5.74) is 2.32. The van der Waals surface area contributed by atoms with Gasteiger partial charge in [-0.1, -0.05) is 36.4 Å². The Morgan fingerprint density at radius 2 is 1.83 bits per heavy atom. The maximum Gasteiger partial charge on any atom is 0.191 e. The Kier molecular flexibility index (Phi) is 10.8. The SMILES string of the molecule is CN=C(NCCCOC(C)c1ccccc1)NCc1ccc2c(c1)OCCCO2.I. The summed E-state index contributed by atoms with van der Waals surface area (Å²) in [7, 11) is 1.78. The first kappa shape index (κ1) is 24.3. The minimum atomic E-state index is 0. The molecule has 0 fully saturated rings. The average molecular weight is 525 g/mol. The number of fused-ring (bicyclic) bond motifs is 1. The molecule has 2 aromatic rings. The minimum Gasteiger partial charge on any atom is -0.490 e. The van der Waals surface area contributed by atoms with Gasteiger partial charge in [0.15, 0.2) is 17.5 Å². The fraction of sp³-hybridized carbons (Fsp3) is 0.435. The van der Waals surface area contributed by atoms with Crippen molar-refractivity contribution in [2.45, 2.75) is 32.4 Å². The third-order valence-electron chi connectivity index (χ3n) is 4.75. The third-order valence-corrected chi connectivity index (χ3v) is 4.75. The van der Waals surface area contributed by atoms with E-state index in [1.54, 1.807) is 7.05 Å². The zero-order valence-corrected chi connectivity index (χ0v) is 20.1. The standard InChI is InChI=1S/C23H31N3O3.HI/c1-18(20-8-4-3-5-9-20)27-13-6-12-25-23(24-2)26-17-19-10-11-21-22(16-19)29-15-7-14-28-21;/h3-5,8-11,16,18H,6-7,12-15,17H2,1-2H3,(H2,24,25,26);1H. The average Bonchev–Trinajstić information content (AvgIpc) is 3.01. The summed E-state index contributed by atoms with van der Waals surface area (Å²) in [6, 6.07) is 16.3. The van der Waals surface area contributed by atoms with E-state index in [-0.39, 0.29) is 30.1 Å². The Labute approximate surface area is 196 Å². The van der Waals surface area contributed by atoms with Crippen LogP contribution in [-0.4, -0.2) is 39.4 Å². The molecule has 1 aliphatic rings. The molecule has 2 aromatic carbocycles. The second-order valence-corrected chi connectivity index (χ2v) is 6.96. The highest BCUT2D eigenvalue weighted by molar-refractivity contribution is 14.0. The van der Waals surface area contributed by atoms with Gasteiger partial charge < -0.3 is 24.8 Å². The summed E-state index contributed by atoms with van der Waals surface area (Å²) < 4.78 is 17.3. The van der Waals surface area contributed by atoms with Gasteiger partial charge in [-0.2, -0.15) is 0 Å². The number of nitrogens with zero attached hydrogens (tertiary/aromatic N) is 1. The number of rotatable bonds is 8. The zero-order valence-electron chi connectivity index (χ0n) is 17.7. The highest BCUT2D eigenvalue weighted by Crippen LogP contribution is 2.30. The van der Waals surface area contributed by atoms with Gasteiger partial charge in [0, 0.05) is 33.2 Å². The molecule has 0 spiro atoms. The van der Waals surface area contributed by atoms with Crippen LogP contribution >= 0.6 is 24.0 Å². The Bertz CT molecular complexity index is 787. The van der Waals surface area contributed by atoms with Gasteiger partial charge in [0.25, 0.3) is 0 Å².